The first-order valence-electron chi connectivity index (χ1n) is 11.0. The van der Waals surface area contributed by atoms with Crippen molar-refractivity contribution in [2.75, 3.05) is 0 Å². The van der Waals surface area contributed by atoms with Crippen molar-refractivity contribution < 1.29 is 18.7 Å². The van der Waals surface area contributed by atoms with Gasteiger partial charge in [0.2, 0.25) is 0 Å². The average Bonchev–Trinajstić information content (AvgIpc) is 3.12. The lowest BCUT2D eigenvalue weighted by Crippen LogP contribution is -2.27. The Balaban J connectivity index is 1.34. The molecule has 0 N–H and O–H groups in total. The van der Waals surface area contributed by atoms with Crippen molar-refractivity contribution in [2.24, 2.45) is 0 Å². The van der Waals surface area contributed by atoms with Crippen LogP contribution in [-0.4, -0.2) is 16.0 Å². The molecule has 0 saturated carbocycles. The molecule has 4 aromatic carbocycles. The van der Waals surface area contributed by atoms with Crippen molar-refractivity contribution in [3.8, 4) is 5.75 Å². The minimum Gasteiger partial charge on any atom is -0.487 e. The van der Waals surface area contributed by atoms with Crippen molar-refractivity contribution >= 4 is 84.9 Å². The molecule has 1 saturated heterocycles. The Morgan fingerprint density at radius 1 is 0.917 bits per heavy atom. The number of ether oxygens (including phenoxy) is 1. The summed E-state index contributed by atoms with van der Waals surface area (Å²) in [5.41, 5.74) is 2.61. The predicted octanol–water partition coefficient (Wildman–Crippen LogP) is 8.00. The zero-order valence-electron chi connectivity index (χ0n) is 18.7. The molecule has 36 heavy (non-hydrogen) atoms. The van der Waals surface area contributed by atoms with E-state index in [1.54, 1.807) is 18.2 Å². The van der Waals surface area contributed by atoms with E-state index in [2.05, 4.69) is 45.2 Å². The van der Waals surface area contributed by atoms with E-state index in [9.17, 15) is 14.0 Å². The van der Waals surface area contributed by atoms with E-state index in [0.717, 1.165) is 52.1 Å². The van der Waals surface area contributed by atoms with Crippen LogP contribution in [0.2, 0.25) is 0 Å². The van der Waals surface area contributed by atoms with Crippen LogP contribution >= 0.6 is 56.9 Å². The number of rotatable bonds is 6. The highest BCUT2D eigenvalue weighted by atomic mass is 127. The van der Waals surface area contributed by atoms with Crippen molar-refractivity contribution in [1.82, 2.24) is 4.90 Å². The van der Waals surface area contributed by atoms with Crippen molar-refractivity contribution in [2.45, 2.75) is 13.2 Å². The van der Waals surface area contributed by atoms with Crippen LogP contribution in [-0.2, 0) is 17.9 Å². The summed E-state index contributed by atoms with van der Waals surface area (Å²) in [6.45, 7) is 0.549. The molecule has 1 heterocycles. The second-order valence-corrected chi connectivity index (χ2v) is 11.5. The third kappa shape index (κ3) is 5.45. The number of thioether (sulfide) groups is 1. The Bertz CT molecular complexity index is 1490. The minimum atomic E-state index is -0.292. The van der Waals surface area contributed by atoms with Crippen LogP contribution in [0.4, 0.5) is 9.18 Å². The van der Waals surface area contributed by atoms with E-state index >= 15 is 0 Å². The number of carbonyl (C=O) groups is 2. The van der Waals surface area contributed by atoms with Crippen LogP contribution in [0.1, 0.15) is 16.7 Å². The van der Waals surface area contributed by atoms with Crippen LogP contribution < -0.4 is 4.74 Å². The van der Waals surface area contributed by atoms with Gasteiger partial charge in [-0.2, -0.15) is 0 Å². The highest BCUT2D eigenvalue weighted by Gasteiger charge is 2.35. The number of amides is 2. The van der Waals surface area contributed by atoms with E-state index in [1.165, 1.54) is 17.0 Å². The van der Waals surface area contributed by atoms with Gasteiger partial charge in [0.1, 0.15) is 18.2 Å². The van der Waals surface area contributed by atoms with E-state index in [-0.39, 0.29) is 23.5 Å². The Kier molecular flexibility index (Phi) is 7.63. The fraction of sp³-hybridized carbons (Fsp3) is 0.0714. The minimum absolute atomic E-state index is 0.231. The van der Waals surface area contributed by atoms with Gasteiger partial charge in [0.05, 0.1) is 18.6 Å². The molecule has 2 amide bonds. The van der Waals surface area contributed by atoms with Crippen LogP contribution in [0.25, 0.3) is 16.8 Å². The molecule has 180 valence electrons. The summed E-state index contributed by atoms with van der Waals surface area (Å²) in [5, 5.41) is 1.83. The standard InChI is InChI=1S/C28H18FI2NO3S/c29-21-10-8-17(9-11-21)16-35-26-23(30)12-18(13-24(26)31)14-25-27(33)32(28(34)36-25)15-20-6-3-5-19-4-1-2-7-22(19)20/h1-14H,15-16H2/b25-14+. The van der Waals surface area contributed by atoms with Crippen LogP contribution in [0.3, 0.4) is 0 Å². The van der Waals surface area contributed by atoms with Gasteiger partial charge in [-0.25, -0.2) is 4.39 Å². The molecule has 5 rings (SSSR count). The molecule has 0 aliphatic carbocycles. The first-order chi connectivity index (χ1) is 17.4. The van der Waals surface area contributed by atoms with Gasteiger partial charge in [0.15, 0.2) is 0 Å². The quantitative estimate of drug-likeness (QED) is 0.150. The molecule has 4 nitrogen and oxygen atoms in total. The Morgan fingerprint density at radius 3 is 2.36 bits per heavy atom. The van der Waals surface area contributed by atoms with Crippen LogP contribution in [0.5, 0.6) is 5.75 Å². The molecule has 1 aliphatic heterocycles. The first-order valence-corrected chi connectivity index (χ1v) is 13.9. The summed E-state index contributed by atoms with van der Waals surface area (Å²) in [6.07, 6.45) is 1.75. The summed E-state index contributed by atoms with van der Waals surface area (Å²) >= 11 is 5.35. The average molecular weight is 721 g/mol. The lowest BCUT2D eigenvalue weighted by Gasteiger charge is -2.14. The zero-order valence-corrected chi connectivity index (χ0v) is 23.8. The maximum absolute atomic E-state index is 13.1. The molecule has 8 heteroatoms. The lowest BCUT2D eigenvalue weighted by atomic mass is 10.0. The number of carbonyl (C=O) groups excluding carboxylic acids is 2. The van der Waals surface area contributed by atoms with Crippen molar-refractivity contribution in [3.05, 3.63) is 113 Å². The molecule has 1 aliphatic rings. The molecule has 0 unspecified atom stereocenters. The summed E-state index contributed by atoms with van der Waals surface area (Å²) < 4.78 is 20.9. The number of nitrogens with zero attached hydrogens (tertiary/aromatic N) is 1. The second kappa shape index (κ2) is 10.9. The largest absolute Gasteiger partial charge is 0.487 e. The summed E-state index contributed by atoms with van der Waals surface area (Å²) in [4.78, 5) is 27.6. The highest BCUT2D eigenvalue weighted by molar-refractivity contribution is 14.1. The van der Waals surface area contributed by atoms with Gasteiger partial charge in [-0.1, -0.05) is 54.6 Å². The van der Waals surface area contributed by atoms with Crippen molar-refractivity contribution in [3.63, 3.8) is 0 Å². The van der Waals surface area contributed by atoms with Crippen LogP contribution in [0, 0.1) is 13.0 Å². The summed E-state index contributed by atoms with van der Waals surface area (Å²) in [7, 11) is 0. The zero-order chi connectivity index (χ0) is 25.2. The Labute approximate surface area is 239 Å². The second-order valence-electron chi connectivity index (χ2n) is 8.13. The fourth-order valence-corrected chi connectivity index (χ4v) is 6.89. The third-order valence-corrected chi connectivity index (χ3v) is 8.21. The number of halogens is 3. The van der Waals surface area contributed by atoms with Gasteiger partial charge in [0, 0.05) is 0 Å². The number of fused-ring (bicyclic) bond motifs is 1. The van der Waals surface area contributed by atoms with Gasteiger partial charge < -0.3 is 4.74 Å². The first kappa shape index (κ1) is 25.2. The number of benzene rings is 4. The maximum atomic E-state index is 13.1. The summed E-state index contributed by atoms with van der Waals surface area (Å²) in [5.74, 6) is 0.148. The van der Waals surface area contributed by atoms with E-state index in [4.69, 9.17) is 4.74 Å². The van der Waals surface area contributed by atoms with Gasteiger partial charge >= 0.3 is 0 Å². The molecule has 0 bridgehead atoms. The summed E-state index contributed by atoms with van der Waals surface area (Å²) in [6, 6.07) is 23.9. The number of imide groups is 1. The highest BCUT2D eigenvalue weighted by Crippen LogP contribution is 2.36. The fourth-order valence-electron chi connectivity index (χ4n) is 3.93. The monoisotopic (exact) mass is 721 g/mol. The number of hydrogen-bond donors (Lipinski definition) is 0. The molecule has 0 atom stereocenters. The third-order valence-electron chi connectivity index (χ3n) is 5.70. The topological polar surface area (TPSA) is 46.6 Å². The van der Waals surface area contributed by atoms with Gasteiger partial charge in [-0.05, 0) is 115 Å². The SMILES string of the molecule is O=C1S/C(=C/c2cc(I)c(OCc3ccc(F)cc3)c(I)c2)C(=O)N1Cc1cccc2ccccc12. The molecular formula is C28H18FI2NO3S. The molecular weight excluding hydrogens is 703 g/mol. The predicted molar refractivity (Wildman–Crippen MR) is 158 cm³/mol. The van der Waals surface area contributed by atoms with Crippen molar-refractivity contribution in [1.29, 1.82) is 0 Å². The molecule has 4 aromatic rings. The van der Waals surface area contributed by atoms with E-state index in [1.807, 2.05) is 54.6 Å². The Hall–Kier alpha value is -2.44. The van der Waals surface area contributed by atoms with Gasteiger partial charge in [0.25, 0.3) is 11.1 Å². The molecule has 0 spiro atoms. The normalized spacial score (nSPS) is 14.8. The smallest absolute Gasteiger partial charge is 0.293 e. The molecule has 1 fully saturated rings. The van der Waals surface area contributed by atoms with E-state index < -0.39 is 0 Å². The van der Waals surface area contributed by atoms with E-state index in [0.29, 0.717) is 11.5 Å². The molecule has 0 aromatic heterocycles. The Morgan fingerprint density at radius 2 is 1.61 bits per heavy atom. The van der Waals surface area contributed by atoms with Crippen LogP contribution in [0.15, 0.2) is 83.8 Å². The molecule has 0 radical (unpaired) electrons. The van der Waals surface area contributed by atoms with Gasteiger partial charge in [-0.15, -0.1) is 0 Å². The lowest BCUT2D eigenvalue weighted by molar-refractivity contribution is -0.123. The maximum Gasteiger partial charge on any atom is 0.293 e. The number of hydrogen-bond acceptors (Lipinski definition) is 4. The van der Waals surface area contributed by atoms with Gasteiger partial charge in [-0.3, -0.25) is 14.5 Å².